The predicted molar refractivity (Wildman–Crippen MR) is 375 cm³/mol. The maximum atomic E-state index is 10.7. The Kier molecular flexibility index (Phi) is 7.54. The van der Waals surface area contributed by atoms with Crippen LogP contribution in [0, 0.1) is 25.3 Å². The first-order valence-electron chi connectivity index (χ1n) is 48.0. The van der Waals surface area contributed by atoms with Gasteiger partial charge in [-0.2, -0.15) is 18.2 Å². The summed E-state index contributed by atoms with van der Waals surface area (Å²) in [6.07, 6.45) is 4.27. The van der Waals surface area contributed by atoms with E-state index in [0.717, 1.165) is 33.5 Å². The molecule has 3 aromatic heterocycles. The number of rotatable bonds is 14. The average Bonchev–Trinajstić information content (AvgIpc) is 1.40. The molecule has 13 aromatic carbocycles. The number of hydrogen-bond donors (Lipinski definition) is 0. The number of aryl methyl sites for hydroxylation is 1. The second kappa shape index (κ2) is 24.8. The molecule has 0 bridgehead atoms. The fourth-order valence-corrected chi connectivity index (χ4v) is 15.1. The molecule has 0 amide bonds. The van der Waals surface area contributed by atoms with E-state index in [9.17, 15) is 28.8 Å². The third-order valence-corrected chi connectivity index (χ3v) is 19.1. The van der Waals surface area contributed by atoms with Crippen LogP contribution in [0.25, 0.3) is 106 Å². The van der Waals surface area contributed by atoms with Crippen molar-refractivity contribution >= 4 is 61.7 Å². The topological polar surface area (TPSA) is 35.9 Å². The van der Waals surface area contributed by atoms with E-state index < -0.39 is 321 Å². The molecular formula is C85H58N4OPtSi-2. The number of para-hydroxylation sites is 2. The molecule has 0 aliphatic carbocycles. The second-order valence-corrected chi connectivity index (χ2v) is 23.5. The largest absolute Gasteiger partial charge is 0.510 e. The van der Waals surface area contributed by atoms with Crippen molar-refractivity contribution in [3.8, 4) is 84.3 Å². The van der Waals surface area contributed by atoms with Gasteiger partial charge in [0.15, 0.2) is 8.07 Å². The van der Waals surface area contributed by atoms with Crippen molar-refractivity contribution in [2.24, 2.45) is 0 Å². The van der Waals surface area contributed by atoms with Crippen molar-refractivity contribution in [1.29, 1.82) is 0 Å². The Balaban J connectivity index is 0.0000135. The Morgan fingerprint density at radius 3 is 1.61 bits per heavy atom. The molecule has 0 spiro atoms. The van der Waals surface area contributed by atoms with Crippen LogP contribution in [0.2, 0.25) is 0 Å². The number of hydrogen-bond acceptors (Lipinski definition) is 2. The molecule has 92 heavy (non-hydrogen) atoms. The van der Waals surface area contributed by atoms with Crippen molar-refractivity contribution in [1.82, 2.24) is 14.1 Å². The zero-order valence-corrected chi connectivity index (χ0v) is 50.1. The van der Waals surface area contributed by atoms with E-state index in [1.54, 1.807) is 30.3 Å². The molecule has 0 unspecified atom stereocenters. The van der Waals surface area contributed by atoms with Gasteiger partial charge in [-0.15, -0.1) is 29.7 Å². The van der Waals surface area contributed by atoms with E-state index >= 15 is 0 Å². The monoisotopic (exact) mass is 1410 g/mol. The van der Waals surface area contributed by atoms with Gasteiger partial charge in [-0.3, -0.25) is 4.57 Å². The number of benzene rings is 13. The van der Waals surface area contributed by atoms with Crippen LogP contribution in [0.5, 0.6) is 11.5 Å². The first-order chi connectivity index (χ1) is 62.0. The maximum Gasteiger partial charge on any atom is 0.268 e. The van der Waals surface area contributed by atoms with Gasteiger partial charge in [0.2, 0.25) is 0 Å². The first-order valence-corrected chi connectivity index (χ1v) is 29.5. The normalized spacial score (nSPS) is 17.8. The Hall–Kier alpha value is -11.0. The van der Waals surface area contributed by atoms with Gasteiger partial charge in [0.1, 0.15) is 5.82 Å². The summed E-state index contributed by atoms with van der Waals surface area (Å²) in [5.74, 6) is -0.391. The average molecular weight is 1420 g/mol. The molecule has 0 atom stereocenters. The summed E-state index contributed by atoms with van der Waals surface area (Å²) in [6.45, 7) is -3.02. The summed E-state index contributed by atoms with van der Waals surface area (Å²) in [5, 5.41) is -3.13. The Labute approximate surface area is 609 Å². The Morgan fingerprint density at radius 2 is 1.00 bits per heavy atom. The Morgan fingerprint density at radius 1 is 0.457 bits per heavy atom. The van der Waals surface area contributed by atoms with E-state index in [1.807, 2.05) is 0 Å². The van der Waals surface area contributed by atoms with E-state index in [2.05, 4.69) is 23.4 Å². The van der Waals surface area contributed by atoms with E-state index in [1.165, 1.54) is 53.1 Å². The van der Waals surface area contributed by atoms with Crippen LogP contribution in [0.15, 0.2) is 333 Å². The SMILES string of the molecule is [2H]c1c([2H])c([2H])c(-c2ccc3c(c2)n(-c2[c-]c(Oc4[c-]c5c(cc4)c4ccccc4n5-c4cc(C([2H])([2H])[2H])c(-c5c([2H])c([2H])c([2H])c([2H])c5[2H])cn4)ccc2)[c-][n+]3-c2c(-c3c([2H])c(-c4c([2H])c([2H])c([2H])c([2H])c4[2H])c([2H])c(-c4c([2H])c([2H])c([2H])c([2H])c4[2H])c3[2H])cccc2[Si](c2c([2H])c([2H])c([2H])c([2H])c2[2H])(c2c([2H])c([2H])c([2H])c([2H])c2[2H])c2c([2H])c([2H])c([2H])c([2H])c2[2H])c([2H])c1[2H].[Pt]. The number of nitrogens with zero attached hydrogens (tertiary/aromatic N) is 4. The summed E-state index contributed by atoms with van der Waals surface area (Å²) >= 11 is 0. The van der Waals surface area contributed by atoms with E-state index in [-0.39, 0.29) is 71.7 Å². The number of fused-ring (bicyclic) bond motifs is 4. The molecule has 3 heterocycles. The van der Waals surface area contributed by atoms with Crippen LogP contribution in [0.4, 0.5) is 0 Å². The van der Waals surface area contributed by atoms with E-state index in [4.69, 9.17) is 32.2 Å². The van der Waals surface area contributed by atoms with Crippen molar-refractivity contribution < 1.29 is 86.6 Å². The van der Waals surface area contributed by atoms with Crippen LogP contribution in [-0.4, -0.2) is 22.2 Å². The van der Waals surface area contributed by atoms with Gasteiger partial charge in [-0.05, 0) is 131 Å². The molecule has 0 radical (unpaired) electrons. The third kappa shape index (κ3) is 10.4. The number of aromatic nitrogens is 4. The minimum absolute atomic E-state index is 0. The first kappa shape index (κ1) is 28.0. The molecule has 440 valence electrons. The number of imidazole rings is 1. The Bertz CT molecular complexity index is 7400. The standard InChI is InChI=1S/C85H58N4OSi.Pt/c1-60-51-84(86-58-78(60)64-33-15-5-16-34-64)89-79-45-24-23-43-76(79)77-49-48-71(57-81(77)89)90-70-36-25-35-69(56-70)87-59-88(80-50-47-65(55-82(80)87)61-27-9-2-10-28-61)85-75(68-53-66(62-29-11-3-12-30-62)52-67(54-68)63-31-13-4-14-32-63)44-26-46-83(85)91(72-37-17-6-18-38-72,73-39-19-7-20-40-73)74-41-21-8-22-42-74;/h2-55,58H,1H3;/q-2;/i1D3,2D,3D,4D,5D,6D,7D,8D,9D,10D,11D,12D,13D,14D,15D,16D,17D,18D,19D,20D,21D,22D,27D,28D,29D,30D,31D,32D,33D,34D,37D,38D,39D,40D,41D,42D,52D,53D,54D;. The molecule has 7 heteroatoms. The van der Waals surface area contributed by atoms with Gasteiger partial charge in [0.05, 0.1) is 68.8 Å². The summed E-state index contributed by atoms with van der Waals surface area (Å²) in [7, 11) is -6.66. The zero-order valence-electron chi connectivity index (χ0n) is 87.8. The maximum absolute atomic E-state index is 10.7. The van der Waals surface area contributed by atoms with Crippen LogP contribution >= 0.6 is 0 Å². The molecule has 0 N–H and O–H groups in total. The van der Waals surface area contributed by atoms with Gasteiger partial charge in [-0.1, -0.05) is 266 Å². The smallest absolute Gasteiger partial charge is 0.268 e. The quantitative estimate of drug-likeness (QED) is 0.0471. The molecular weight excluding hydrogens is 1320 g/mol. The van der Waals surface area contributed by atoms with Gasteiger partial charge < -0.3 is 13.9 Å². The zero-order chi connectivity index (χ0) is 96.2. The molecule has 0 fully saturated rings. The van der Waals surface area contributed by atoms with E-state index in [0.29, 0.717) is 16.3 Å². The number of ether oxygens (including phenoxy) is 1. The minimum atomic E-state index is -6.66. The molecule has 5 nitrogen and oxygen atoms in total. The van der Waals surface area contributed by atoms with Crippen molar-refractivity contribution in [2.75, 3.05) is 0 Å². The van der Waals surface area contributed by atoms with Gasteiger partial charge in [0.25, 0.3) is 6.33 Å². The molecule has 0 saturated heterocycles. The minimum Gasteiger partial charge on any atom is -0.510 e. The van der Waals surface area contributed by atoms with Crippen LogP contribution in [0.1, 0.15) is 61.8 Å². The van der Waals surface area contributed by atoms with Crippen LogP contribution in [0.3, 0.4) is 0 Å². The fourth-order valence-electron chi connectivity index (χ4n) is 11.1. The van der Waals surface area contributed by atoms with Crippen molar-refractivity contribution in [3.05, 3.63) is 357 Å². The predicted octanol–water partition coefficient (Wildman–Crippen LogP) is 17.6. The summed E-state index contributed by atoms with van der Waals surface area (Å²) in [5.41, 5.74) is -8.62. The molecule has 16 aromatic rings. The van der Waals surface area contributed by atoms with Crippen LogP contribution in [-0.2, 0) is 21.1 Å². The number of pyridine rings is 1. The van der Waals surface area contributed by atoms with Gasteiger partial charge >= 0.3 is 0 Å². The van der Waals surface area contributed by atoms with Crippen LogP contribution < -0.4 is 30.1 Å². The van der Waals surface area contributed by atoms with Crippen molar-refractivity contribution in [3.63, 3.8) is 0 Å². The fraction of sp³-hybridized carbons (Fsp3) is 0.0118. The summed E-state index contributed by atoms with van der Waals surface area (Å²) < 4.78 is 393. The van der Waals surface area contributed by atoms with Crippen molar-refractivity contribution in [2.45, 2.75) is 6.85 Å². The molecule has 0 saturated carbocycles. The molecule has 16 rings (SSSR count). The van der Waals surface area contributed by atoms with Gasteiger partial charge in [-0.25, -0.2) is 4.98 Å². The molecule has 0 aliphatic heterocycles. The third-order valence-electron chi connectivity index (χ3n) is 14.9. The summed E-state index contributed by atoms with van der Waals surface area (Å²) in [6, 6.07) is -12.2. The second-order valence-electron chi connectivity index (χ2n) is 20.0. The molecule has 0 aliphatic rings. The van der Waals surface area contributed by atoms with Gasteiger partial charge in [0, 0.05) is 54.0 Å². The summed E-state index contributed by atoms with van der Waals surface area (Å²) in [4.78, 5) is 4.66.